The average Bonchev–Trinajstić information content (AvgIpc) is 2.36. The standard InChI is InChI=1S/C15H27N3/c1-7-15(4,5)18(6)14-9-12(10-16)8-13(17-14)11(2)3/h8-9,11H,7,10,16H2,1-6H3. The van der Waals surface area contributed by atoms with Gasteiger partial charge in [-0.1, -0.05) is 20.8 Å². The van der Waals surface area contributed by atoms with Gasteiger partial charge in [0.2, 0.25) is 0 Å². The van der Waals surface area contributed by atoms with Gasteiger partial charge in [-0.15, -0.1) is 0 Å². The second-order valence-corrected chi connectivity index (χ2v) is 5.84. The van der Waals surface area contributed by atoms with E-state index in [1.807, 2.05) is 0 Å². The summed E-state index contributed by atoms with van der Waals surface area (Å²) in [7, 11) is 2.11. The van der Waals surface area contributed by atoms with Crippen molar-refractivity contribution in [1.82, 2.24) is 4.98 Å². The highest BCUT2D eigenvalue weighted by atomic mass is 15.2. The van der Waals surface area contributed by atoms with E-state index in [-0.39, 0.29) is 5.54 Å². The van der Waals surface area contributed by atoms with Gasteiger partial charge in [0.05, 0.1) is 0 Å². The molecule has 1 heterocycles. The molecular formula is C15H27N3. The molecule has 0 amide bonds. The Kier molecular flexibility index (Phi) is 4.74. The van der Waals surface area contributed by atoms with Gasteiger partial charge in [0, 0.05) is 24.8 Å². The highest BCUT2D eigenvalue weighted by Crippen LogP contribution is 2.26. The first-order valence-corrected chi connectivity index (χ1v) is 6.76. The van der Waals surface area contributed by atoms with Crippen molar-refractivity contribution in [2.45, 2.75) is 59.0 Å². The zero-order valence-electron chi connectivity index (χ0n) is 12.6. The van der Waals surface area contributed by atoms with Crippen LogP contribution in [-0.2, 0) is 6.54 Å². The Bertz CT molecular complexity index is 397. The van der Waals surface area contributed by atoms with Crippen molar-refractivity contribution >= 4 is 5.82 Å². The first kappa shape index (κ1) is 15.0. The quantitative estimate of drug-likeness (QED) is 0.870. The molecule has 1 rings (SSSR count). The number of nitrogens with zero attached hydrogens (tertiary/aromatic N) is 2. The molecule has 0 atom stereocenters. The molecule has 0 bridgehead atoms. The van der Waals surface area contributed by atoms with Crippen LogP contribution >= 0.6 is 0 Å². The molecule has 0 aromatic carbocycles. The molecule has 3 heteroatoms. The normalized spacial score (nSPS) is 12.0. The Morgan fingerprint density at radius 3 is 2.39 bits per heavy atom. The van der Waals surface area contributed by atoms with Crippen molar-refractivity contribution in [3.05, 3.63) is 23.4 Å². The van der Waals surface area contributed by atoms with E-state index in [2.05, 4.69) is 58.7 Å². The maximum atomic E-state index is 5.78. The van der Waals surface area contributed by atoms with Crippen molar-refractivity contribution in [2.24, 2.45) is 5.73 Å². The van der Waals surface area contributed by atoms with Crippen molar-refractivity contribution in [2.75, 3.05) is 11.9 Å². The summed E-state index contributed by atoms with van der Waals surface area (Å²) in [4.78, 5) is 7.01. The number of pyridine rings is 1. The van der Waals surface area contributed by atoms with Crippen molar-refractivity contribution in [3.63, 3.8) is 0 Å². The second-order valence-electron chi connectivity index (χ2n) is 5.84. The SMILES string of the molecule is CCC(C)(C)N(C)c1cc(CN)cc(C(C)C)n1. The van der Waals surface area contributed by atoms with Crippen LogP contribution in [0.15, 0.2) is 12.1 Å². The topological polar surface area (TPSA) is 42.1 Å². The Morgan fingerprint density at radius 1 is 1.33 bits per heavy atom. The molecule has 0 aliphatic carbocycles. The average molecular weight is 249 g/mol. The minimum atomic E-state index is 0.106. The maximum Gasteiger partial charge on any atom is 0.129 e. The zero-order valence-corrected chi connectivity index (χ0v) is 12.6. The molecule has 0 fully saturated rings. The summed E-state index contributed by atoms with van der Waals surface area (Å²) in [6, 6.07) is 4.21. The molecule has 102 valence electrons. The molecule has 0 spiro atoms. The van der Waals surface area contributed by atoms with Gasteiger partial charge in [0.25, 0.3) is 0 Å². The molecule has 1 aromatic rings. The maximum absolute atomic E-state index is 5.78. The third-order valence-electron chi connectivity index (χ3n) is 3.84. The molecule has 2 N–H and O–H groups in total. The van der Waals surface area contributed by atoms with Crippen molar-refractivity contribution < 1.29 is 0 Å². The van der Waals surface area contributed by atoms with Crippen LogP contribution in [-0.4, -0.2) is 17.6 Å². The Balaban J connectivity index is 3.19. The number of rotatable bonds is 5. The highest BCUT2D eigenvalue weighted by Gasteiger charge is 2.23. The fourth-order valence-corrected chi connectivity index (χ4v) is 1.73. The van der Waals surface area contributed by atoms with Crippen LogP contribution in [0, 0.1) is 0 Å². The van der Waals surface area contributed by atoms with E-state index in [0.29, 0.717) is 12.5 Å². The highest BCUT2D eigenvalue weighted by molar-refractivity contribution is 5.45. The predicted molar refractivity (Wildman–Crippen MR) is 79.0 cm³/mol. The van der Waals surface area contributed by atoms with Gasteiger partial charge >= 0.3 is 0 Å². The van der Waals surface area contributed by atoms with E-state index in [9.17, 15) is 0 Å². The van der Waals surface area contributed by atoms with E-state index in [1.54, 1.807) is 0 Å². The van der Waals surface area contributed by atoms with E-state index in [0.717, 1.165) is 23.5 Å². The van der Waals surface area contributed by atoms with Crippen LogP contribution in [0.5, 0.6) is 0 Å². The lowest BCUT2D eigenvalue weighted by Gasteiger charge is -2.36. The van der Waals surface area contributed by atoms with Gasteiger partial charge in [0.15, 0.2) is 0 Å². The first-order valence-electron chi connectivity index (χ1n) is 6.76. The van der Waals surface area contributed by atoms with Crippen molar-refractivity contribution in [3.8, 4) is 0 Å². The van der Waals surface area contributed by atoms with Gasteiger partial charge in [-0.05, 0) is 43.9 Å². The third kappa shape index (κ3) is 3.22. The molecular weight excluding hydrogens is 222 g/mol. The number of anilines is 1. The van der Waals surface area contributed by atoms with E-state index in [4.69, 9.17) is 10.7 Å². The number of hydrogen-bond acceptors (Lipinski definition) is 3. The van der Waals surface area contributed by atoms with Gasteiger partial charge in [-0.25, -0.2) is 4.98 Å². The van der Waals surface area contributed by atoms with Gasteiger partial charge < -0.3 is 10.6 Å². The molecule has 1 aromatic heterocycles. The van der Waals surface area contributed by atoms with Gasteiger partial charge in [-0.3, -0.25) is 0 Å². The second kappa shape index (κ2) is 5.70. The first-order chi connectivity index (χ1) is 8.31. The summed E-state index contributed by atoms with van der Waals surface area (Å²) in [5.74, 6) is 1.45. The predicted octanol–water partition coefficient (Wildman–Crippen LogP) is 3.29. The van der Waals surface area contributed by atoms with Crippen LogP contribution in [0.4, 0.5) is 5.82 Å². The third-order valence-corrected chi connectivity index (χ3v) is 3.84. The van der Waals surface area contributed by atoms with Crippen LogP contribution in [0.1, 0.15) is 58.2 Å². The minimum Gasteiger partial charge on any atom is -0.355 e. The molecule has 0 saturated carbocycles. The van der Waals surface area contributed by atoms with Gasteiger partial charge in [0.1, 0.15) is 5.82 Å². The number of hydrogen-bond donors (Lipinski definition) is 1. The lowest BCUT2D eigenvalue weighted by Crippen LogP contribution is -2.41. The summed E-state index contributed by atoms with van der Waals surface area (Å²) >= 11 is 0. The summed E-state index contributed by atoms with van der Waals surface area (Å²) in [5, 5.41) is 0. The monoisotopic (exact) mass is 249 g/mol. The van der Waals surface area contributed by atoms with Crippen molar-refractivity contribution in [1.29, 1.82) is 0 Å². The van der Waals surface area contributed by atoms with Crippen LogP contribution in [0.3, 0.4) is 0 Å². The lowest BCUT2D eigenvalue weighted by molar-refractivity contribution is 0.466. The molecule has 18 heavy (non-hydrogen) atoms. The van der Waals surface area contributed by atoms with E-state index < -0.39 is 0 Å². The lowest BCUT2D eigenvalue weighted by atomic mass is 9.99. The Hall–Kier alpha value is -1.09. The molecule has 0 radical (unpaired) electrons. The van der Waals surface area contributed by atoms with E-state index in [1.165, 1.54) is 0 Å². The summed E-state index contributed by atoms with van der Waals surface area (Å²) < 4.78 is 0. The van der Waals surface area contributed by atoms with Crippen LogP contribution < -0.4 is 10.6 Å². The number of nitrogens with two attached hydrogens (primary N) is 1. The summed E-state index contributed by atoms with van der Waals surface area (Å²) in [6.45, 7) is 11.6. The molecule has 3 nitrogen and oxygen atoms in total. The largest absolute Gasteiger partial charge is 0.355 e. The molecule has 0 unspecified atom stereocenters. The summed E-state index contributed by atoms with van der Waals surface area (Å²) in [6.07, 6.45) is 1.08. The molecule has 0 aliphatic heterocycles. The molecule has 0 saturated heterocycles. The summed E-state index contributed by atoms with van der Waals surface area (Å²) in [5.41, 5.74) is 8.16. The van der Waals surface area contributed by atoms with Crippen LogP contribution in [0.25, 0.3) is 0 Å². The fourth-order valence-electron chi connectivity index (χ4n) is 1.73. The fraction of sp³-hybridized carbons (Fsp3) is 0.667. The zero-order chi connectivity index (χ0) is 13.9. The molecule has 0 aliphatic rings. The Labute approximate surface area is 111 Å². The minimum absolute atomic E-state index is 0.106. The number of aromatic nitrogens is 1. The smallest absolute Gasteiger partial charge is 0.129 e. The Morgan fingerprint density at radius 2 is 1.94 bits per heavy atom. The van der Waals surface area contributed by atoms with E-state index >= 15 is 0 Å². The van der Waals surface area contributed by atoms with Crippen LogP contribution in [0.2, 0.25) is 0 Å². The van der Waals surface area contributed by atoms with Gasteiger partial charge in [-0.2, -0.15) is 0 Å².